The van der Waals surface area contributed by atoms with E-state index in [0.717, 1.165) is 0 Å². The second-order valence-corrected chi connectivity index (χ2v) is 4.46. The fourth-order valence-corrected chi connectivity index (χ4v) is 1.72. The summed E-state index contributed by atoms with van der Waals surface area (Å²) in [6.45, 7) is 2.75. The van der Waals surface area contributed by atoms with Gasteiger partial charge in [0.15, 0.2) is 11.3 Å². The van der Waals surface area contributed by atoms with Gasteiger partial charge in [0, 0.05) is 19.4 Å². The van der Waals surface area contributed by atoms with Crippen molar-refractivity contribution >= 4 is 11.7 Å². The predicted octanol–water partition coefficient (Wildman–Crippen LogP) is 3.27. The molecule has 1 aliphatic rings. The van der Waals surface area contributed by atoms with Crippen LogP contribution in [-0.4, -0.2) is 17.9 Å². The Morgan fingerprint density at radius 1 is 1.05 bits per heavy atom. The molecule has 0 saturated carbocycles. The minimum atomic E-state index is -4.83. The maximum absolute atomic E-state index is 12.9. The highest BCUT2D eigenvalue weighted by Crippen LogP contribution is 2.40. The molecule has 2 rings (SSSR count). The Morgan fingerprint density at radius 2 is 1.63 bits per heavy atom. The first-order valence-corrected chi connectivity index (χ1v) is 5.50. The minimum absolute atomic E-state index is 0.180. The number of ether oxygens (including phenoxy) is 2. The average Bonchev–Trinajstić information content (AvgIpc) is 2.25. The van der Waals surface area contributed by atoms with Gasteiger partial charge in [-0.15, -0.1) is 0 Å². The fraction of sp³-hybridized carbons (Fsp3) is 0.308. The number of esters is 1. The molecule has 19 heavy (non-hydrogen) atoms. The maximum atomic E-state index is 12.9. The van der Waals surface area contributed by atoms with E-state index < -0.39 is 29.3 Å². The highest BCUT2D eigenvalue weighted by molar-refractivity contribution is 5.98. The molecule has 0 N–H and O–H groups in total. The van der Waals surface area contributed by atoms with Gasteiger partial charge >= 0.3 is 12.1 Å². The summed E-state index contributed by atoms with van der Waals surface area (Å²) in [6, 6.07) is 7.66. The predicted molar refractivity (Wildman–Crippen MR) is 60.7 cm³/mol. The van der Waals surface area contributed by atoms with Crippen LogP contribution in [0.2, 0.25) is 0 Å². The lowest BCUT2D eigenvalue weighted by molar-refractivity contribution is -0.205. The standard InChI is InChI=1S/C13H11F3O3/c1-12(2)18-10(8-6-4-3-5-7-8)9(11(17)19-12)13(14,15)16/h3-7H,1-2H3. The fourth-order valence-electron chi connectivity index (χ4n) is 1.72. The third-order valence-corrected chi connectivity index (χ3v) is 2.44. The van der Waals surface area contributed by atoms with Gasteiger partial charge in [0.05, 0.1) is 0 Å². The van der Waals surface area contributed by atoms with Crippen LogP contribution in [0.4, 0.5) is 13.2 Å². The van der Waals surface area contributed by atoms with E-state index in [-0.39, 0.29) is 5.56 Å². The van der Waals surface area contributed by atoms with Crippen molar-refractivity contribution in [2.75, 3.05) is 0 Å². The topological polar surface area (TPSA) is 35.5 Å². The van der Waals surface area contributed by atoms with Gasteiger partial charge in [-0.2, -0.15) is 13.2 Å². The summed E-state index contributed by atoms with van der Waals surface area (Å²) in [7, 11) is 0. The lowest BCUT2D eigenvalue weighted by atomic mass is 10.1. The van der Waals surface area contributed by atoms with Gasteiger partial charge in [-0.3, -0.25) is 0 Å². The van der Waals surface area contributed by atoms with E-state index in [9.17, 15) is 18.0 Å². The van der Waals surface area contributed by atoms with Crippen molar-refractivity contribution in [3.05, 3.63) is 41.5 Å². The highest BCUT2D eigenvalue weighted by Gasteiger charge is 2.49. The second-order valence-electron chi connectivity index (χ2n) is 4.46. The number of rotatable bonds is 1. The maximum Gasteiger partial charge on any atom is 0.427 e. The van der Waals surface area contributed by atoms with Crippen LogP contribution in [0.25, 0.3) is 5.76 Å². The molecule has 0 spiro atoms. The van der Waals surface area contributed by atoms with Crippen molar-refractivity contribution < 1.29 is 27.4 Å². The molecule has 0 bridgehead atoms. The third kappa shape index (κ3) is 2.72. The molecule has 0 unspecified atom stereocenters. The average molecular weight is 272 g/mol. The molecule has 0 saturated heterocycles. The normalized spacial score (nSPS) is 18.9. The summed E-state index contributed by atoms with van der Waals surface area (Å²) >= 11 is 0. The molecule has 0 fully saturated rings. The van der Waals surface area contributed by atoms with Crippen molar-refractivity contribution in [1.29, 1.82) is 0 Å². The number of hydrogen-bond acceptors (Lipinski definition) is 3. The Labute approximate surface area is 107 Å². The number of alkyl halides is 3. The highest BCUT2D eigenvalue weighted by atomic mass is 19.4. The van der Waals surface area contributed by atoms with Crippen LogP contribution < -0.4 is 0 Å². The molecule has 3 nitrogen and oxygen atoms in total. The quantitative estimate of drug-likeness (QED) is 0.736. The Hall–Kier alpha value is -1.98. The van der Waals surface area contributed by atoms with E-state index in [1.165, 1.54) is 26.0 Å². The van der Waals surface area contributed by atoms with E-state index in [1.807, 2.05) is 0 Å². The van der Waals surface area contributed by atoms with Crippen molar-refractivity contribution in [2.45, 2.75) is 25.8 Å². The van der Waals surface area contributed by atoms with Crippen molar-refractivity contribution in [2.24, 2.45) is 0 Å². The van der Waals surface area contributed by atoms with Crippen LogP contribution in [-0.2, 0) is 14.3 Å². The number of carbonyl (C=O) groups excluding carboxylic acids is 1. The molecule has 0 aliphatic carbocycles. The molecule has 0 radical (unpaired) electrons. The lowest BCUT2D eigenvalue weighted by Crippen LogP contribution is -2.40. The second kappa shape index (κ2) is 4.29. The van der Waals surface area contributed by atoms with Crippen molar-refractivity contribution in [3.63, 3.8) is 0 Å². The Kier molecular flexibility index (Phi) is 3.04. The van der Waals surface area contributed by atoms with Gasteiger partial charge < -0.3 is 9.47 Å². The lowest BCUT2D eigenvalue weighted by Gasteiger charge is -2.33. The molecule has 102 valence electrons. The molecule has 0 atom stereocenters. The number of cyclic esters (lactones) is 1. The van der Waals surface area contributed by atoms with Crippen LogP contribution in [0, 0.1) is 0 Å². The zero-order valence-corrected chi connectivity index (χ0v) is 10.2. The van der Waals surface area contributed by atoms with E-state index in [2.05, 4.69) is 4.74 Å². The molecule has 1 aromatic carbocycles. The van der Waals surface area contributed by atoms with E-state index in [0.29, 0.717) is 0 Å². The minimum Gasteiger partial charge on any atom is -0.451 e. The summed E-state index contributed by atoms with van der Waals surface area (Å²) in [6.07, 6.45) is -4.83. The first-order valence-electron chi connectivity index (χ1n) is 5.50. The van der Waals surface area contributed by atoms with E-state index in [4.69, 9.17) is 4.74 Å². The van der Waals surface area contributed by atoms with Crippen LogP contribution in [0.5, 0.6) is 0 Å². The van der Waals surface area contributed by atoms with E-state index >= 15 is 0 Å². The van der Waals surface area contributed by atoms with Gasteiger partial charge in [-0.1, -0.05) is 30.3 Å². The molecular formula is C13H11F3O3. The summed E-state index contributed by atoms with van der Waals surface area (Å²) in [4.78, 5) is 11.6. The van der Waals surface area contributed by atoms with Crippen LogP contribution in [0.1, 0.15) is 19.4 Å². The van der Waals surface area contributed by atoms with Gasteiger partial charge in [-0.25, -0.2) is 4.79 Å². The number of benzene rings is 1. The monoisotopic (exact) mass is 272 g/mol. The Balaban J connectivity index is 2.63. The van der Waals surface area contributed by atoms with Gasteiger partial charge in [0.2, 0.25) is 5.79 Å². The molecule has 1 aromatic rings. The largest absolute Gasteiger partial charge is 0.451 e. The van der Waals surface area contributed by atoms with Crippen LogP contribution in [0.3, 0.4) is 0 Å². The summed E-state index contributed by atoms with van der Waals surface area (Å²) in [5.74, 6) is -3.37. The van der Waals surface area contributed by atoms with Gasteiger partial charge in [0.25, 0.3) is 0 Å². The SMILES string of the molecule is CC1(C)OC(=O)C(C(F)(F)F)=C(c2ccccc2)O1. The van der Waals surface area contributed by atoms with Gasteiger partial charge in [-0.05, 0) is 0 Å². The zero-order valence-electron chi connectivity index (χ0n) is 10.2. The Morgan fingerprint density at radius 3 is 2.16 bits per heavy atom. The molecule has 1 heterocycles. The van der Waals surface area contributed by atoms with Crippen LogP contribution >= 0.6 is 0 Å². The molecule has 1 aliphatic heterocycles. The summed E-state index contributed by atoms with van der Waals surface area (Å²) in [5, 5.41) is 0. The summed E-state index contributed by atoms with van der Waals surface area (Å²) in [5.41, 5.74) is -1.24. The van der Waals surface area contributed by atoms with Crippen molar-refractivity contribution in [1.82, 2.24) is 0 Å². The van der Waals surface area contributed by atoms with Crippen molar-refractivity contribution in [3.8, 4) is 0 Å². The summed E-state index contributed by atoms with van der Waals surface area (Å²) < 4.78 is 48.6. The smallest absolute Gasteiger partial charge is 0.427 e. The molecule has 0 amide bonds. The van der Waals surface area contributed by atoms with Crippen LogP contribution in [0.15, 0.2) is 35.9 Å². The number of hydrogen-bond donors (Lipinski definition) is 0. The zero-order chi connectivity index (χ0) is 14.3. The Bertz CT molecular complexity index is 530. The molecule has 6 heteroatoms. The molecule has 0 aromatic heterocycles. The van der Waals surface area contributed by atoms with Gasteiger partial charge in [0.1, 0.15) is 0 Å². The van der Waals surface area contributed by atoms with E-state index in [1.54, 1.807) is 18.2 Å². The first kappa shape index (κ1) is 13.5. The molecular weight excluding hydrogens is 261 g/mol. The number of carbonyl (C=O) groups is 1. The first-order chi connectivity index (χ1) is 8.71. The third-order valence-electron chi connectivity index (χ3n) is 2.44. The number of halogens is 3.